The van der Waals surface area contributed by atoms with E-state index in [0.29, 0.717) is 43.3 Å². The van der Waals surface area contributed by atoms with Crippen LogP contribution in [-0.2, 0) is 20.7 Å². The van der Waals surface area contributed by atoms with E-state index in [1.165, 1.54) is 4.90 Å². The van der Waals surface area contributed by atoms with Crippen molar-refractivity contribution in [3.05, 3.63) is 89.5 Å². The minimum atomic E-state index is -0.703. The Kier molecular flexibility index (Phi) is 11.0. The van der Waals surface area contributed by atoms with Crippen molar-refractivity contribution >= 4 is 17.9 Å². The summed E-state index contributed by atoms with van der Waals surface area (Å²) < 4.78 is 22.4. The molecule has 3 aliphatic heterocycles. The summed E-state index contributed by atoms with van der Waals surface area (Å²) >= 11 is 0. The molecule has 10 heteroatoms. The summed E-state index contributed by atoms with van der Waals surface area (Å²) in [6, 6.07) is 22.3. The van der Waals surface area contributed by atoms with E-state index in [0.717, 1.165) is 42.4 Å². The first kappa shape index (κ1) is 34.3. The Labute approximate surface area is 288 Å². The summed E-state index contributed by atoms with van der Waals surface area (Å²) in [4.78, 5) is 48.0. The number of rotatable bonds is 14. The van der Waals surface area contributed by atoms with Gasteiger partial charge >= 0.3 is 6.09 Å². The van der Waals surface area contributed by atoms with Crippen LogP contribution in [0, 0.1) is 5.92 Å². The molecule has 6 rings (SSSR count). The average molecular weight is 670 g/mol. The maximum atomic E-state index is 15.1. The molecule has 0 N–H and O–H groups in total. The molecule has 10 nitrogen and oxygen atoms in total. The number of hydrogen-bond acceptors (Lipinski definition) is 8. The molecule has 3 heterocycles. The number of amides is 3. The Morgan fingerprint density at radius 1 is 0.878 bits per heavy atom. The molecule has 49 heavy (non-hydrogen) atoms. The number of ether oxygens (including phenoxy) is 4. The fourth-order valence-electron chi connectivity index (χ4n) is 7.33. The molecule has 3 aromatic rings. The number of unbranched alkanes of at least 4 members (excludes halogenated alkanes) is 2. The lowest BCUT2D eigenvalue weighted by molar-refractivity contribution is -0.137. The van der Waals surface area contributed by atoms with Gasteiger partial charge in [-0.15, -0.1) is 0 Å². The van der Waals surface area contributed by atoms with Gasteiger partial charge in [-0.2, -0.15) is 0 Å². The van der Waals surface area contributed by atoms with Gasteiger partial charge in [-0.3, -0.25) is 14.5 Å². The van der Waals surface area contributed by atoms with Crippen molar-refractivity contribution in [2.24, 2.45) is 5.92 Å². The standard InChI is InChI=1S/C39H47N3O7/c1-4-6-19-40(20-7-5-2)35(43)24-41-23-32(29-15-18-33-34(22-29)49-26-48-33)36(37(41)28-13-16-31(46-3)17-14-28)38(44)42-30(25-47-39(42)45)21-27-11-9-8-10-12-27/h8-18,22,30,32,36-37H,4-7,19-21,23-26H2,1-3H3/t30-,32-,36-,37+/m1/s1. The summed E-state index contributed by atoms with van der Waals surface area (Å²) in [6.45, 7) is 6.49. The quantitative estimate of drug-likeness (QED) is 0.200. The summed E-state index contributed by atoms with van der Waals surface area (Å²) in [5, 5.41) is 0. The SMILES string of the molecule is CCCCN(CCCC)C(=O)CN1C[C@H](c2ccc3c(c2)OCO3)[C@@H](C(=O)N2C(=O)OC[C@H]2Cc2ccccc2)[C@@H]1c1ccc(OC)cc1. The minimum absolute atomic E-state index is 0.0421. The first-order valence-electron chi connectivity index (χ1n) is 17.5. The molecule has 2 fully saturated rings. The number of imide groups is 1. The second-order valence-corrected chi connectivity index (χ2v) is 13.1. The van der Waals surface area contributed by atoms with E-state index in [9.17, 15) is 9.59 Å². The highest BCUT2D eigenvalue weighted by atomic mass is 16.7. The smallest absolute Gasteiger partial charge is 0.416 e. The van der Waals surface area contributed by atoms with Crippen molar-refractivity contribution in [1.82, 2.24) is 14.7 Å². The first-order chi connectivity index (χ1) is 23.9. The number of carbonyl (C=O) groups excluding carboxylic acids is 3. The van der Waals surface area contributed by atoms with Crippen LogP contribution < -0.4 is 14.2 Å². The van der Waals surface area contributed by atoms with E-state index in [1.54, 1.807) is 7.11 Å². The molecule has 0 aromatic heterocycles. The van der Waals surface area contributed by atoms with E-state index in [1.807, 2.05) is 77.7 Å². The molecule has 0 saturated carbocycles. The highest BCUT2D eigenvalue weighted by molar-refractivity contribution is 5.96. The van der Waals surface area contributed by atoms with Crippen LogP contribution in [0.25, 0.3) is 0 Å². The number of fused-ring (bicyclic) bond motifs is 1. The number of likely N-dealkylation sites (tertiary alicyclic amines) is 1. The van der Waals surface area contributed by atoms with Crippen LogP contribution in [0.4, 0.5) is 4.79 Å². The van der Waals surface area contributed by atoms with Gasteiger partial charge in [-0.05, 0) is 60.2 Å². The minimum Gasteiger partial charge on any atom is -0.497 e. The molecule has 2 saturated heterocycles. The number of carbonyl (C=O) groups is 3. The van der Waals surface area contributed by atoms with Gasteiger partial charge < -0.3 is 23.8 Å². The van der Waals surface area contributed by atoms with Crippen LogP contribution in [0.2, 0.25) is 0 Å². The van der Waals surface area contributed by atoms with Crippen molar-refractivity contribution in [2.75, 3.05) is 46.7 Å². The Morgan fingerprint density at radius 2 is 1.57 bits per heavy atom. The van der Waals surface area contributed by atoms with Crippen LogP contribution in [0.3, 0.4) is 0 Å². The lowest BCUT2D eigenvalue weighted by Crippen LogP contribution is -2.46. The topological polar surface area (TPSA) is 97.9 Å². The van der Waals surface area contributed by atoms with Gasteiger partial charge in [0.05, 0.1) is 25.6 Å². The van der Waals surface area contributed by atoms with E-state index in [-0.39, 0.29) is 37.7 Å². The van der Waals surface area contributed by atoms with Crippen LogP contribution >= 0.6 is 0 Å². The summed E-state index contributed by atoms with van der Waals surface area (Å²) in [6.07, 6.45) is 3.69. The third kappa shape index (κ3) is 7.54. The summed E-state index contributed by atoms with van der Waals surface area (Å²) in [5.41, 5.74) is 2.77. The third-order valence-electron chi connectivity index (χ3n) is 9.93. The van der Waals surface area contributed by atoms with Crippen molar-refractivity contribution in [1.29, 1.82) is 0 Å². The van der Waals surface area contributed by atoms with E-state index in [2.05, 4.69) is 18.7 Å². The highest BCUT2D eigenvalue weighted by Crippen LogP contribution is 2.49. The first-order valence-corrected chi connectivity index (χ1v) is 17.5. The molecule has 4 atom stereocenters. The number of hydrogen-bond donors (Lipinski definition) is 0. The normalized spacial score (nSPS) is 21.5. The molecular weight excluding hydrogens is 622 g/mol. The van der Waals surface area contributed by atoms with Gasteiger partial charge in [-0.1, -0.05) is 75.2 Å². The lowest BCUT2D eigenvalue weighted by Gasteiger charge is -2.32. The monoisotopic (exact) mass is 669 g/mol. The van der Waals surface area contributed by atoms with Gasteiger partial charge in [0.1, 0.15) is 12.4 Å². The molecule has 0 radical (unpaired) electrons. The summed E-state index contributed by atoms with van der Waals surface area (Å²) in [7, 11) is 1.62. The van der Waals surface area contributed by atoms with Crippen LogP contribution in [0.5, 0.6) is 17.2 Å². The summed E-state index contributed by atoms with van der Waals surface area (Å²) in [5.74, 6) is 0.633. The molecule has 0 unspecified atom stereocenters. The molecule has 0 aliphatic carbocycles. The van der Waals surface area contributed by atoms with Gasteiger partial charge in [0.15, 0.2) is 11.5 Å². The molecular formula is C39H47N3O7. The zero-order valence-electron chi connectivity index (χ0n) is 28.7. The molecule has 0 spiro atoms. The fourth-order valence-corrected chi connectivity index (χ4v) is 7.33. The molecule has 260 valence electrons. The van der Waals surface area contributed by atoms with Gasteiger partial charge in [0.2, 0.25) is 18.6 Å². The number of cyclic esters (lactones) is 1. The maximum Gasteiger partial charge on any atom is 0.416 e. The molecule has 0 bridgehead atoms. The highest BCUT2D eigenvalue weighted by Gasteiger charge is 2.52. The van der Waals surface area contributed by atoms with Gasteiger partial charge in [0.25, 0.3) is 0 Å². The lowest BCUT2D eigenvalue weighted by atomic mass is 9.81. The van der Waals surface area contributed by atoms with E-state index >= 15 is 4.79 Å². The Morgan fingerprint density at radius 3 is 2.27 bits per heavy atom. The zero-order valence-corrected chi connectivity index (χ0v) is 28.7. The second kappa shape index (κ2) is 15.8. The maximum absolute atomic E-state index is 15.1. The van der Waals surface area contributed by atoms with Crippen molar-refractivity contribution in [3.63, 3.8) is 0 Å². The van der Waals surface area contributed by atoms with Crippen molar-refractivity contribution in [2.45, 2.75) is 64.0 Å². The Hall–Kier alpha value is -4.57. The average Bonchev–Trinajstić information content (AvgIpc) is 3.85. The molecule has 3 amide bonds. The van der Waals surface area contributed by atoms with E-state index < -0.39 is 24.1 Å². The van der Waals surface area contributed by atoms with Crippen LogP contribution in [0.1, 0.15) is 68.2 Å². The Balaban J connectivity index is 1.41. The number of methoxy groups -OCH3 is 1. The zero-order chi connectivity index (χ0) is 34.3. The van der Waals surface area contributed by atoms with Crippen LogP contribution in [0.15, 0.2) is 72.8 Å². The number of benzene rings is 3. The third-order valence-corrected chi connectivity index (χ3v) is 9.93. The van der Waals surface area contributed by atoms with Gasteiger partial charge in [0, 0.05) is 31.6 Å². The fraction of sp³-hybridized carbons (Fsp3) is 0.462. The largest absolute Gasteiger partial charge is 0.497 e. The predicted molar refractivity (Wildman–Crippen MR) is 185 cm³/mol. The number of nitrogens with zero attached hydrogens (tertiary/aromatic N) is 3. The van der Waals surface area contributed by atoms with E-state index in [4.69, 9.17) is 18.9 Å². The van der Waals surface area contributed by atoms with Crippen LogP contribution in [-0.4, -0.2) is 85.3 Å². The van der Waals surface area contributed by atoms with Crippen molar-refractivity contribution in [3.8, 4) is 17.2 Å². The second-order valence-electron chi connectivity index (χ2n) is 13.1. The predicted octanol–water partition coefficient (Wildman–Crippen LogP) is 6.20. The molecule has 3 aromatic carbocycles. The van der Waals surface area contributed by atoms with Crippen molar-refractivity contribution < 1.29 is 33.3 Å². The molecule has 3 aliphatic rings. The van der Waals surface area contributed by atoms with Gasteiger partial charge in [-0.25, -0.2) is 9.69 Å². The Bertz CT molecular complexity index is 1590.